The number of nitrogens with zero attached hydrogens (tertiary/aromatic N) is 2. The van der Waals surface area contributed by atoms with Gasteiger partial charge in [0.2, 0.25) is 0 Å². The van der Waals surface area contributed by atoms with Crippen LogP contribution in [0.25, 0.3) is 10.2 Å². The third-order valence-electron chi connectivity index (χ3n) is 3.56. The Balaban J connectivity index is 1.97. The monoisotopic (exact) mass is 417 g/mol. The third-order valence-corrected chi connectivity index (χ3v) is 5.19. The topological polar surface area (TPSA) is 75.3 Å². The fraction of sp³-hybridized carbons (Fsp3) is 0.533. The number of likely N-dealkylation sites (tertiary alicyclic amines) is 1. The lowest BCUT2D eigenvalue weighted by Gasteiger charge is -2.27. The molecule has 1 saturated heterocycles. The van der Waals surface area contributed by atoms with Gasteiger partial charge in [0, 0.05) is 6.42 Å². The van der Waals surface area contributed by atoms with Gasteiger partial charge in [-0.05, 0) is 42.8 Å². The molecule has 0 bridgehead atoms. The third kappa shape index (κ3) is 3.46. The maximum Gasteiger partial charge on any atom is 0.411 e. The summed E-state index contributed by atoms with van der Waals surface area (Å²) in [6.45, 7) is 5.17. The minimum absolute atomic E-state index is 0.0747. The molecule has 130 valence electrons. The summed E-state index contributed by atoms with van der Waals surface area (Å²) in [5, 5.41) is 0. The number of aromatic nitrogens is 2. The van der Waals surface area contributed by atoms with Crippen LogP contribution in [0.2, 0.25) is 0 Å². The SMILES string of the molecule is CC(C)(C)OC(=O)N1C[C@H](F)C[C@H]1c1nc2cc(Br)sc2c(=O)[nH]1. The molecule has 0 aromatic carbocycles. The van der Waals surface area contributed by atoms with Gasteiger partial charge in [0.25, 0.3) is 5.56 Å². The summed E-state index contributed by atoms with van der Waals surface area (Å²) in [4.78, 5) is 33.0. The Labute approximate surface area is 150 Å². The molecule has 2 aromatic rings. The Morgan fingerprint density at radius 3 is 2.92 bits per heavy atom. The number of alkyl halides is 1. The molecule has 1 fully saturated rings. The van der Waals surface area contributed by atoms with E-state index in [4.69, 9.17) is 4.74 Å². The van der Waals surface area contributed by atoms with E-state index in [-0.39, 0.29) is 24.3 Å². The number of aromatic amines is 1. The van der Waals surface area contributed by atoms with Crippen molar-refractivity contribution in [2.24, 2.45) is 0 Å². The van der Waals surface area contributed by atoms with E-state index in [1.807, 2.05) is 0 Å². The van der Waals surface area contributed by atoms with Crippen molar-refractivity contribution in [3.63, 3.8) is 0 Å². The Morgan fingerprint density at radius 2 is 2.25 bits per heavy atom. The highest BCUT2D eigenvalue weighted by atomic mass is 79.9. The molecule has 0 spiro atoms. The van der Waals surface area contributed by atoms with E-state index in [1.54, 1.807) is 26.8 Å². The van der Waals surface area contributed by atoms with E-state index >= 15 is 0 Å². The summed E-state index contributed by atoms with van der Waals surface area (Å²) in [6, 6.07) is 1.09. The molecular weight excluding hydrogens is 401 g/mol. The molecule has 3 rings (SSSR count). The molecule has 2 atom stereocenters. The van der Waals surface area contributed by atoms with E-state index in [2.05, 4.69) is 25.9 Å². The maximum absolute atomic E-state index is 13.9. The van der Waals surface area contributed by atoms with Gasteiger partial charge in [0.05, 0.1) is 21.9 Å². The summed E-state index contributed by atoms with van der Waals surface area (Å²) in [5.74, 6) is 0.281. The normalized spacial score (nSPS) is 21.5. The summed E-state index contributed by atoms with van der Waals surface area (Å²) < 4.78 is 20.6. The molecule has 9 heteroatoms. The van der Waals surface area contributed by atoms with Crippen molar-refractivity contribution in [3.05, 3.63) is 26.0 Å². The minimum atomic E-state index is -1.18. The molecule has 0 saturated carbocycles. The van der Waals surface area contributed by atoms with Crippen LogP contribution in [-0.4, -0.2) is 39.3 Å². The van der Waals surface area contributed by atoms with Crippen LogP contribution in [0.15, 0.2) is 14.6 Å². The first-order valence-corrected chi connectivity index (χ1v) is 9.08. The van der Waals surface area contributed by atoms with Crippen molar-refractivity contribution in [1.82, 2.24) is 14.9 Å². The molecule has 0 unspecified atom stereocenters. The van der Waals surface area contributed by atoms with Crippen molar-refractivity contribution in [2.75, 3.05) is 6.54 Å². The second kappa shape index (κ2) is 6.11. The molecule has 3 heterocycles. The first-order chi connectivity index (χ1) is 11.1. The number of carbonyl (C=O) groups is 1. The molecular formula is C15H17BrFN3O3S. The predicted molar refractivity (Wildman–Crippen MR) is 93.1 cm³/mol. The van der Waals surface area contributed by atoms with Gasteiger partial charge in [0.15, 0.2) is 0 Å². The second-order valence-electron chi connectivity index (χ2n) is 6.70. The molecule has 24 heavy (non-hydrogen) atoms. The van der Waals surface area contributed by atoms with E-state index in [1.165, 1.54) is 16.2 Å². The van der Waals surface area contributed by atoms with E-state index in [0.717, 1.165) is 3.79 Å². The number of H-pyrrole nitrogens is 1. The van der Waals surface area contributed by atoms with Gasteiger partial charge in [0.1, 0.15) is 22.3 Å². The lowest BCUT2D eigenvalue weighted by molar-refractivity contribution is 0.0210. The standard InChI is InChI=1S/C15H17BrFN3O3S/c1-15(2,3)23-14(22)20-6-7(17)4-9(20)12-18-8-5-10(16)24-11(8)13(21)19-12/h5,7,9H,4,6H2,1-3H3,(H,18,19,21)/t7-,9+/m1/s1. The van der Waals surface area contributed by atoms with Gasteiger partial charge in [-0.15, -0.1) is 11.3 Å². The number of hydrogen-bond donors (Lipinski definition) is 1. The average molecular weight is 418 g/mol. The number of amides is 1. The Morgan fingerprint density at radius 1 is 1.54 bits per heavy atom. The summed E-state index contributed by atoms with van der Waals surface area (Å²) in [5.41, 5.74) is -0.451. The van der Waals surface area contributed by atoms with Crippen molar-refractivity contribution >= 4 is 43.6 Å². The van der Waals surface area contributed by atoms with Crippen LogP contribution in [0.5, 0.6) is 0 Å². The van der Waals surface area contributed by atoms with E-state index in [0.29, 0.717) is 10.2 Å². The number of nitrogens with one attached hydrogen (secondary N) is 1. The summed E-state index contributed by atoms with van der Waals surface area (Å²) >= 11 is 4.60. The number of hydrogen-bond acceptors (Lipinski definition) is 5. The van der Waals surface area contributed by atoms with Gasteiger partial charge in [-0.3, -0.25) is 9.69 Å². The van der Waals surface area contributed by atoms with E-state index in [9.17, 15) is 14.0 Å². The van der Waals surface area contributed by atoms with Crippen LogP contribution >= 0.6 is 27.3 Å². The van der Waals surface area contributed by atoms with Crippen LogP contribution < -0.4 is 5.56 Å². The molecule has 0 radical (unpaired) electrons. The van der Waals surface area contributed by atoms with Crippen molar-refractivity contribution < 1.29 is 13.9 Å². The van der Waals surface area contributed by atoms with Crippen LogP contribution in [0.3, 0.4) is 0 Å². The van der Waals surface area contributed by atoms with Gasteiger partial charge < -0.3 is 9.72 Å². The summed E-state index contributed by atoms with van der Waals surface area (Å²) in [6.07, 6.45) is -1.71. The zero-order valence-electron chi connectivity index (χ0n) is 13.4. The number of thiophene rings is 1. The molecule has 1 amide bonds. The highest BCUT2D eigenvalue weighted by Gasteiger charge is 2.40. The van der Waals surface area contributed by atoms with Crippen molar-refractivity contribution in [1.29, 1.82) is 0 Å². The van der Waals surface area contributed by atoms with Gasteiger partial charge in [-0.1, -0.05) is 0 Å². The highest BCUT2D eigenvalue weighted by Crippen LogP contribution is 2.34. The Hall–Kier alpha value is -1.48. The first-order valence-electron chi connectivity index (χ1n) is 7.47. The van der Waals surface area contributed by atoms with Gasteiger partial charge in [-0.25, -0.2) is 14.2 Å². The van der Waals surface area contributed by atoms with Crippen LogP contribution in [0, 0.1) is 0 Å². The molecule has 1 aliphatic heterocycles. The second-order valence-corrected chi connectivity index (χ2v) is 9.13. The first kappa shape index (κ1) is 17.3. The number of fused-ring (bicyclic) bond motifs is 1. The molecule has 6 nitrogen and oxygen atoms in total. The largest absolute Gasteiger partial charge is 0.444 e. The zero-order chi connectivity index (χ0) is 17.6. The smallest absolute Gasteiger partial charge is 0.411 e. The van der Waals surface area contributed by atoms with Crippen molar-refractivity contribution in [2.45, 2.75) is 45.0 Å². The van der Waals surface area contributed by atoms with E-state index < -0.39 is 23.9 Å². The molecule has 2 aromatic heterocycles. The fourth-order valence-electron chi connectivity index (χ4n) is 2.65. The Kier molecular flexibility index (Phi) is 4.41. The minimum Gasteiger partial charge on any atom is -0.444 e. The zero-order valence-corrected chi connectivity index (χ0v) is 15.8. The lowest BCUT2D eigenvalue weighted by Crippen LogP contribution is -2.37. The van der Waals surface area contributed by atoms with Crippen LogP contribution in [-0.2, 0) is 4.74 Å². The van der Waals surface area contributed by atoms with Crippen molar-refractivity contribution in [3.8, 4) is 0 Å². The molecule has 1 N–H and O–H groups in total. The number of rotatable bonds is 1. The maximum atomic E-state index is 13.9. The summed E-state index contributed by atoms with van der Waals surface area (Å²) in [7, 11) is 0. The number of ether oxygens (including phenoxy) is 1. The fourth-order valence-corrected chi connectivity index (χ4v) is 4.07. The molecule has 1 aliphatic rings. The quantitative estimate of drug-likeness (QED) is 0.765. The van der Waals surface area contributed by atoms with Gasteiger partial charge in [-0.2, -0.15) is 0 Å². The highest BCUT2D eigenvalue weighted by molar-refractivity contribution is 9.11. The number of halogens is 2. The lowest BCUT2D eigenvalue weighted by atomic mass is 10.2. The van der Waals surface area contributed by atoms with Crippen LogP contribution in [0.4, 0.5) is 9.18 Å². The van der Waals surface area contributed by atoms with Crippen LogP contribution in [0.1, 0.15) is 39.1 Å². The van der Waals surface area contributed by atoms with Gasteiger partial charge >= 0.3 is 6.09 Å². The predicted octanol–water partition coefficient (Wildman–Crippen LogP) is 3.77. The Bertz CT molecular complexity index is 845. The average Bonchev–Trinajstić information content (AvgIpc) is 2.99. The number of carbonyl (C=O) groups excluding carboxylic acids is 1. The molecule has 0 aliphatic carbocycles.